The lowest BCUT2D eigenvalue weighted by atomic mass is 10.4. The van der Waals surface area contributed by atoms with Crippen LogP contribution in [0, 0.1) is 6.92 Å². The van der Waals surface area contributed by atoms with Gasteiger partial charge in [-0.1, -0.05) is 0 Å². The molecule has 0 amide bonds. The molecule has 0 atom stereocenters. The number of rotatable bonds is 5. The number of thiazole rings is 1. The number of anilines is 1. The molecule has 2 aromatic heterocycles. The van der Waals surface area contributed by atoms with E-state index in [1.807, 2.05) is 6.92 Å². The SMILES string of the molecule is COc1ccnc(NCCc2nc(C)cs2)n1. The molecule has 0 aliphatic heterocycles. The van der Waals surface area contributed by atoms with Gasteiger partial charge in [-0.2, -0.15) is 4.98 Å². The predicted octanol–water partition coefficient (Wildman–Crippen LogP) is 1.90. The third-order valence-corrected chi connectivity index (χ3v) is 3.15. The van der Waals surface area contributed by atoms with Crippen molar-refractivity contribution in [1.29, 1.82) is 0 Å². The lowest BCUT2D eigenvalue weighted by Crippen LogP contribution is -2.08. The normalized spacial score (nSPS) is 10.2. The second kappa shape index (κ2) is 5.58. The Hall–Kier alpha value is -1.69. The van der Waals surface area contributed by atoms with Gasteiger partial charge in [0, 0.05) is 36.3 Å². The molecule has 0 fully saturated rings. The number of ether oxygens (including phenoxy) is 1. The van der Waals surface area contributed by atoms with E-state index < -0.39 is 0 Å². The number of nitrogens with zero attached hydrogens (tertiary/aromatic N) is 3. The number of hydrogen-bond donors (Lipinski definition) is 1. The molecule has 0 saturated carbocycles. The largest absolute Gasteiger partial charge is 0.481 e. The Morgan fingerprint density at radius 2 is 2.29 bits per heavy atom. The monoisotopic (exact) mass is 250 g/mol. The molecule has 1 N–H and O–H groups in total. The maximum absolute atomic E-state index is 5.02. The highest BCUT2D eigenvalue weighted by Gasteiger charge is 2.00. The van der Waals surface area contributed by atoms with Crippen LogP contribution in [-0.4, -0.2) is 28.6 Å². The van der Waals surface area contributed by atoms with E-state index in [1.165, 1.54) is 0 Å². The standard InChI is InChI=1S/C11H14N4OS/c1-8-7-17-10(14-8)4-6-13-11-12-5-3-9(15-11)16-2/h3,5,7H,4,6H2,1-2H3,(H,12,13,15). The molecule has 5 nitrogen and oxygen atoms in total. The first-order valence-corrected chi connectivity index (χ1v) is 6.18. The molecule has 2 heterocycles. The average molecular weight is 250 g/mol. The van der Waals surface area contributed by atoms with Crippen LogP contribution in [0.3, 0.4) is 0 Å². The molecule has 17 heavy (non-hydrogen) atoms. The molecule has 0 aromatic carbocycles. The van der Waals surface area contributed by atoms with Crippen molar-refractivity contribution >= 4 is 17.3 Å². The lowest BCUT2D eigenvalue weighted by molar-refractivity contribution is 0.397. The van der Waals surface area contributed by atoms with Gasteiger partial charge in [0.05, 0.1) is 12.1 Å². The van der Waals surface area contributed by atoms with E-state index in [1.54, 1.807) is 30.7 Å². The maximum atomic E-state index is 5.02. The molecule has 90 valence electrons. The van der Waals surface area contributed by atoms with Crippen LogP contribution in [0.15, 0.2) is 17.6 Å². The molecule has 0 aliphatic rings. The zero-order chi connectivity index (χ0) is 12.1. The van der Waals surface area contributed by atoms with Crippen LogP contribution in [0.2, 0.25) is 0 Å². The maximum Gasteiger partial charge on any atom is 0.225 e. The summed E-state index contributed by atoms with van der Waals surface area (Å²) in [4.78, 5) is 12.7. The number of aryl methyl sites for hydroxylation is 1. The van der Waals surface area contributed by atoms with Crippen molar-refractivity contribution in [3.63, 3.8) is 0 Å². The Balaban J connectivity index is 1.85. The Bertz CT molecular complexity index is 486. The molecule has 0 unspecified atom stereocenters. The van der Waals surface area contributed by atoms with Crippen LogP contribution >= 0.6 is 11.3 Å². The molecule has 0 bridgehead atoms. The summed E-state index contributed by atoms with van der Waals surface area (Å²) < 4.78 is 5.02. The summed E-state index contributed by atoms with van der Waals surface area (Å²) in [5.41, 5.74) is 1.07. The van der Waals surface area contributed by atoms with Gasteiger partial charge in [-0.3, -0.25) is 0 Å². The Kier molecular flexibility index (Phi) is 3.87. The molecule has 2 rings (SSSR count). The molecule has 0 radical (unpaired) electrons. The number of nitrogens with one attached hydrogen (secondary N) is 1. The van der Waals surface area contributed by atoms with Crippen molar-refractivity contribution in [3.05, 3.63) is 28.3 Å². The van der Waals surface area contributed by atoms with Gasteiger partial charge in [0.15, 0.2) is 0 Å². The van der Waals surface area contributed by atoms with E-state index >= 15 is 0 Å². The van der Waals surface area contributed by atoms with Crippen molar-refractivity contribution in [2.75, 3.05) is 19.0 Å². The minimum atomic E-state index is 0.563. The van der Waals surface area contributed by atoms with Gasteiger partial charge >= 0.3 is 0 Å². The van der Waals surface area contributed by atoms with Crippen LogP contribution in [-0.2, 0) is 6.42 Å². The van der Waals surface area contributed by atoms with Gasteiger partial charge < -0.3 is 10.1 Å². The highest BCUT2D eigenvalue weighted by molar-refractivity contribution is 7.09. The number of methoxy groups -OCH3 is 1. The summed E-state index contributed by atoms with van der Waals surface area (Å²) in [6.45, 7) is 2.76. The Labute approximate surface area is 104 Å². The summed E-state index contributed by atoms with van der Waals surface area (Å²) in [7, 11) is 1.59. The van der Waals surface area contributed by atoms with Crippen LogP contribution in [0.4, 0.5) is 5.95 Å². The minimum Gasteiger partial charge on any atom is -0.481 e. The van der Waals surface area contributed by atoms with Crippen molar-refractivity contribution < 1.29 is 4.74 Å². The van der Waals surface area contributed by atoms with Gasteiger partial charge in [-0.05, 0) is 6.92 Å². The highest BCUT2D eigenvalue weighted by Crippen LogP contribution is 2.10. The summed E-state index contributed by atoms with van der Waals surface area (Å²) in [6, 6.07) is 1.72. The van der Waals surface area contributed by atoms with E-state index in [-0.39, 0.29) is 0 Å². The van der Waals surface area contributed by atoms with E-state index in [4.69, 9.17) is 4.74 Å². The van der Waals surface area contributed by atoms with Gasteiger partial charge in [0.1, 0.15) is 0 Å². The minimum absolute atomic E-state index is 0.563. The zero-order valence-electron chi connectivity index (χ0n) is 9.80. The van der Waals surface area contributed by atoms with Crippen molar-refractivity contribution in [2.45, 2.75) is 13.3 Å². The van der Waals surface area contributed by atoms with Crippen LogP contribution < -0.4 is 10.1 Å². The first kappa shape index (κ1) is 11.8. The topological polar surface area (TPSA) is 59.9 Å². The number of aromatic nitrogens is 3. The van der Waals surface area contributed by atoms with E-state index in [9.17, 15) is 0 Å². The van der Waals surface area contributed by atoms with E-state index in [2.05, 4.69) is 25.6 Å². The predicted molar refractivity (Wildman–Crippen MR) is 67.6 cm³/mol. The van der Waals surface area contributed by atoms with Crippen LogP contribution in [0.5, 0.6) is 5.88 Å². The first-order chi connectivity index (χ1) is 8.28. The van der Waals surface area contributed by atoms with E-state index in [0.29, 0.717) is 11.8 Å². The van der Waals surface area contributed by atoms with Crippen molar-refractivity contribution in [1.82, 2.24) is 15.0 Å². The lowest BCUT2D eigenvalue weighted by Gasteiger charge is -2.04. The van der Waals surface area contributed by atoms with Gasteiger partial charge in [0.25, 0.3) is 0 Å². The molecule has 6 heteroatoms. The molecule has 0 spiro atoms. The smallest absolute Gasteiger partial charge is 0.225 e. The van der Waals surface area contributed by atoms with E-state index in [0.717, 1.165) is 23.7 Å². The summed E-state index contributed by atoms with van der Waals surface area (Å²) in [5.74, 6) is 1.14. The summed E-state index contributed by atoms with van der Waals surface area (Å²) in [6.07, 6.45) is 2.54. The molecule has 0 aliphatic carbocycles. The molecular formula is C11H14N4OS. The Morgan fingerprint density at radius 3 is 3.00 bits per heavy atom. The fourth-order valence-electron chi connectivity index (χ4n) is 1.34. The van der Waals surface area contributed by atoms with Crippen molar-refractivity contribution in [3.8, 4) is 5.88 Å². The second-order valence-electron chi connectivity index (χ2n) is 3.48. The fourth-order valence-corrected chi connectivity index (χ4v) is 2.12. The summed E-state index contributed by atoms with van der Waals surface area (Å²) >= 11 is 1.68. The molecule has 0 saturated heterocycles. The van der Waals surface area contributed by atoms with Crippen LogP contribution in [0.1, 0.15) is 10.7 Å². The second-order valence-corrected chi connectivity index (χ2v) is 4.42. The number of hydrogen-bond acceptors (Lipinski definition) is 6. The summed E-state index contributed by atoms with van der Waals surface area (Å²) in [5, 5.41) is 6.32. The first-order valence-electron chi connectivity index (χ1n) is 5.30. The molecule has 2 aromatic rings. The fraction of sp³-hybridized carbons (Fsp3) is 0.364. The quantitative estimate of drug-likeness (QED) is 0.878. The van der Waals surface area contributed by atoms with Crippen molar-refractivity contribution in [2.24, 2.45) is 0 Å². The van der Waals surface area contributed by atoms with Gasteiger partial charge in [-0.25, -0.2) is 9.97 Å². The third-order valence-electron chi connectivity index (χ3n) is 2.13. The van der Waals surface area contributed by atoms with Gasteiger partial charge in [-0.15, -0.1) is 11.3 Å². The highest BCUT2D eigenvalue weighted by atomic mass is 32.1. The zero-order valence-corrected chi connectivity index (χ0v) is 10.6. The third kappa shape index (κ3) is 3.39. The average Bonchev–Trinajstić information content (AvgIpc) is 2.75. The van der Waals surface area contributed by atoms with Gasteiger partial charge in [0.2, 0.25) is 11.8 Å². The van der Waals surface area contributed by atoms with Crippen LogP contribution in [0.25, 0.3) is 0 Å². The Morgan fingerprint density at radius 1 is 1.41 bits per heavy atom. The molecular weight excluding hydrogens is 236 g/mol.